The highest BCUT2D eigenvalue weighted by Crippen LogP contribution is 2.34. The predicted octanol–water partition coefficient (Wildman–Crippen LogP) is 2.29. The lowest BCUT2D eigenvalue weighted by Gasteiger charge is -2.19. The Morgan fingerprint density at radius 3 is 2.91 bits per heavy atom. The minimum atomic E-state index is -0.527. The van der Waals surface area contributed by atoms with Crippen molar-refractivity contribution in [2.45, 2.75) is 25.7 Å². The maximum Gasteiger partial charge on any atom is 0.262 e. The SMILES string of the molecule is Cc1ccc(NC(=O)COc2cccc3c(C4CCC(=O)NC4=O)nn(C)c23)c(C#N)c1. The second kappa shape index (κ2) is 8.51. The average molecular weight is 431 g/mol. The van der Waals surface area contributed by atoms with Gasteiger partial charge < -0.3 is 10.1 Å². The van der Waals surface area contributed by atoms with E-state index in [1.54, 1.807) is 36.0 Å². The van der Waals surface area contributed by atoms with Crippen LogP contribution in [0.2, 0.25) is 0 Å². The quantitative estimate of drug-likeness (QED) is 0.597. The summed E-state index contributed by atoms with van der Waals surface area (Å²) in [5, 5.41) is 19.5. The highest BCUT2D eigenvalue weighted by atomic mass is 16.5. The van der Waals surface area contributed by atoms with E-state index in [0.29, 0.717) is 34.6 Å². The fourth-order valence-electron chi connectivity index (χ4n) is 3.85. The highest BCUT2D eigenvalue weighted by molar-refractivity contribution is 6.03. The van der Waals surface area contributed by atoms with E-state index < -0.39 is 11.8 Å². The molecule has 9 heteroatoms. The van der Waals surface area contributed by atoms with E-state index in [1.807, 2.05) is 19.1 Å². The van der Waals surface area contributed by atoms with Gasteiger partial charge in [-0.2, -0.15) is 10.4 Å². The fraction of sp³-hybridized carbons (Fsp3) is 0.261. The summed E-state index contributed by atoms with van der Waals surface area (Å²) in [6.45, 7) is 1.60. The first-order valence-corrected chi connectivity index (χ1v) is 10.1. The van der Waals surface area contributed by atoms with Crippen LogP contribution in [0.4, 0.5) is 5.69 Å². The van der Waals surface area contributed by atoms with E-state index >= 15 is 0 Å². The second-order valence-electron chi connectivity index (χ2n) is 7.66. The Balaban J connectivity index is 1.54. The van der Waals surface area contributed by atoms with E-state index in [2.05, 4.69) is 21.8 Å². The maximum atomic E-state index is 12.4. The summed E-state index contributed by atoms with van der Waals surface area (Å²) in [6, 6.07) is 12.6. The predicted molar refractivity (Wildman–Crippen MR) is 116 cm³/mol. The van der Waals surface area contributed by atoms with Gasteiger partial charge in [-0.25, -0.2) is 0 Å². The standard InChI is InChI=1S/C23H21N5O4/c1-13-6-8-17(14(10-13)11-24)25-20(30)12-32-18-5-3-4-15-21(27-28(2)22(15)18)16-7-9-19(29)26-23(16)31/h3-6,8,10,16H,7,9,12H2,1-2H3,(H,25,30)(H,26,29,31). The number of carbonyl (C=O) groups is 3. The average Bonchev–Trinajstić information content (AvgIpc) is 3.10. The first-order valence-electron chi connectivity index (χ1n) is 10.1. The zero-order valence-electron chi connectivity index (χ0n) is 17.6. The number of nitrogens with zero attached hydrogens (tertiary/aromatic N) is 3. The topological polar surface area (TPSA) is 126 Å². The first kappa shape index (κ1) is 21.1. The molecule has 1 aliphatic heterocycles. The normalized spacial score (nSPS) is 15.8. The summed E-state index contributed by atoms with van der Waals surface area (Å²) in [7, 11) is 1.73. The largest absolute Gasteiger partial charge is 0.481 e. The molecule has 3 aromatic rings. The zero-order chi connectivity index (χ0) is 22.8. The van der Waals surface area contributed by atoms with Crippen LogP contribution < -0.4 is 15.4 Å². The summed E-state index contributed by atoms with van der Waals surface area (Å²) >= 11 is 0. The summed E-state index contributed by atoms with van der Waals surface area (Å²) in [4.78, 5) is 36.2. The van der Waals surface area contributed by atoms with Crippen molar-refractivity contribution in [2.24, 2.45) is 7.05 Å². The Kier molecular flexibility index (Phi) is 5.60. The van der Waals surface area contributed by atoms with E-state index in [1.165, 1.54) is 0 Å². The third-order valence-corrected chi connectivity index (χ3v) is 5.35. The van der Waals surface area contributed by atoms with Gasteiger partial charge >= 0.3 is 0 Å². The van der Waals surface area contributed by atoms with Crippen molar-refractivity contribution in [3.63, 3.8) is 0 Å². The Hall–Kier alpha value is -4.19. The molecule has 9 nitrogen and oxygen atoms in total. The van der Waals surface area contributed by atoms with Crippen molar-refractivity contribution in [3.8, 4) is 11.8 Å². The van der Waals surface area contributed by atoms with Crippen LogP contribution in [-0.2, 0) is 21.4 Å². The molecule has 1 saturated heterocycles. The highest BCUT2D eigenvalue weighted by Gasteiger charge is 2.32. The number of piperidine rings is 1. The van der Waals surface area contributed by atoms with Gasteiger partial charge in [-0.3, -0.25) is 24.4 Å². The van der Waals surface area contributed by atoms with Gasteiger partial charge in [0.2, 0.25) is 11.8 Å². The van der Waals surface area contributed by atoms with Crippen LogP contribution in [0, 0.1) is 18.3 Å². The van der Waals surface area contributed by atoms with E-state index in [4.69, 9.17) is 4.74 Å². The third-order valence-electron chi connectivity index (χ3n) is 5.35. The number of nitriles is 1. The van der Waals surface area contributed by atoms with Gasteiger partial charge in [0.05, 0.1) is 22.9 Å². The smallest absolute Gasteiger partial charge is 0.262 e. The molecule has 0 bridgehead atoms. The molecule has 1 fully saturated rings. The number of aromatic nitrogens is 2. The van der Waals surface area contributed by atoms with Gasteiger partial charge in [-0.1, -0.05) is 18.2 Å². The molecule has 4 rings (SSSR count). The Morgan fingerprint density at radius 2 is 2.16 bits per heavy atom. The number of nitrogens with one attached hydrogen (secondary N) is 2. The lowest BCUT2D eigenvalue weighted by atomic mass is 9.93. The van der Waals surface area contributed by atoms with Crippen LogP contribution in [0.25, 0.3) is 10.9 Å². The zero-order valence-corrected chi connectivity index (χ0v) is 17.6. The molecule has 162 valence electrons. The number of fused-ring (bicyclic) bond motifs is 1. The minimum absolute atomic E-state index is 0.258. The molecule has 1 unspecified atom stereocenters. The monoisotopic (exact) mass is 431 g/mol. The number of hydrogen-bond donors (Lipinski definition) is 2. The van der Waals surface area contributed by atoms with E-state index in [-0.39, 0.29) is 24.8 Å². The Morgan fingerprint density at radius 1 is 1.34 bits per heavy atom. The molecule has 0 saturated carbocycles. The van der Waals surface area contributed by atoms with E-state index in [0.717, 1.165) is 10.9 Å². The lowest BCUT2D eigenvalue weighted by molar-refractivity contribution is -0.134. The van der Waals surface area contributed by atoms with Gasteiger partial charge in [0.25, 0.3) is 5.91 Å². The van der Waals surface area contributed by atoms with Crippen LogP contribution in [-0.4, -0.2) is 34.1 Å². The van der Waals surface area contributed by atoms with Crippen LogP contribution in [0.5, 0.6) is 5.75 Å². The van der Waals surface area contributed by atoms with Crippen molar-refractivity contribution < 1.29 is 19.1 Å². The first-order chi connectivity index (χ1) is 15.4. The number of anilines is 1. The summed E-state index contributed by atoms with van der Waals surface area (Å²) in [6.07, 6.45) is 0.649. The maximum absolute atomic E-state index is 12.4. The fourth-order valence-corrected chi connectivity index (χ4v) is 3.85. The third kappa shape index (κ3) is 4.03. The van der Waals surface area contributed by atoms with Crippen LogP contribution >= 0.6 is 0 Å². The molecule has 2 aromatic carbocycles. The van der Waals surface area contributed by atoms with Crippen molar-refractivity contribution in [1.29, 1.82) is 5.26 Å². The summed E-state index contributed by atoms with van der Waals surface area (Å²) in [5.74, 6) is -1.14. The van der Waals surface area contributed by atoms with Crippen LogP contribution in [0.1, 0.15) is 35.6 Å². The number of rotatable bonds is 5. The number of benzene rings is 2. The number of carbonyl (C=O) groups excluding carboxylic acids is 3. The molecule has 32 heavy (non-hydrogen) atoms. The number of hydrogen-bond acceptors (Lipinski definition) is 6. The Labute approximate surface area is 184 Å². The molecule has 0 aliphatic carbocycles. The molecule has 1 atom stereocenters. The van der Waals surface area contributed by atoms with Gasteiger partial charge in [-0.05, 0) is 37.1 Å². The van der Waals surface area contributed by atoms with Gasteiger partial charge in [0.15, 0.2) is 6.61 Å². The minimum Gasteiger partial charge on any atom is -0.481 e. The summed E-state index contributed by atoms with van der Waals surface area (Å²) in [5.41, 5.74) is 2.94. The van der Waals surface area contributed by atoms with Gasteiger partial charge in [0.1, 0.15) is 17.3 Å². The molecule has 1 aromatic heterocycles. The van der Waals surface area contributed by atoms with Gasteiger partial charge in [0, 0.05) is 18.9 Å². The lowest BCUT2D eigenvalue weighted by Crippen LogP contribution is -2.39. The number of amides is 3. The van der Waals surface area contributed by atoms with Crippen molar-refractivity contribution in [2.75, 3.05) is 11.9 Å². The van der Waals surface area contributed by atoms with Gasteiger partial charge in [-0.15, -0.1) is 0 Å². The molecule has 0 spiro atoms. The molecule has 3 amide bonds. The van der Waals surface area contributed by atoms with Crippen molar-refractivity contribution in [1.82, 2.24) is 15.1 Å². The molecule has 0 radical (unpaired) electrons. The molecular weight excluding hydrogens is 410 g/mol. The Bertz CT molecular complexity index is 1290. The summed E-state index contributed by atoms with van der Waals surface area (Å²) < 4.78 is 7.37. The number of imide groups is 1. The van der Waals surface area contributed by atoms with Crippen molar-refractivity contribution in [3.05, 3.63) is 53.2 Å². The number of ether oxygens (including phenoxy) is 1. The number of aryl methyl sites for hydroxylation is 2. The number of para-hydroxylation sites is 1. The van der Waals surface area contributed by atoms with E-state index in [9.17, 15) is 19.6 Å². The molecular formula is C23H21N5O4. The molecule has 2 N–H and O–H groups in total. The van der Waals surface area contributed by atoms with Crippen molar-refractivity contribution >= 4 is 34.3 Å². The molecule has 1 aliphatic rings. The molecule has 2 heterocycles. The second-order valence-corrected chi connectivity index (χ2v) is 7.66. The van der Waals surface area contributed by atoms with Crippen LogP contribution in [0.15, 0.2) is 36.4 Å². The van der Waals surface area contributed by atoms with Crippen LogP contribution in [0.3, 0.4) is 0 Å².